The summed E-state index contributed by atoms with van der Waals surface area (Å²) in [4.78, 5) is 34.0. The van der Waals surface area contributed by atoms with E-state index in [1.54, 1.807) is 9.95 Å². The Morgan fingerprint density at radius 1 is 1.29 bits per heavy atom. The first kappa shape index (κ1) is 17.4. The summed E-state index contributed by atoms with van der Waals surface area (Å²) in [6.45, 7) is 2.87. The maximum Gasteiger partial charge on any atom is 0.307 e. The molecule has 0 fully saturated rings. The van der Waals surface area contributed by atoms with E-state index in [4.69, 9.17) is 0 Å². The number of esters is 1. The second kappa shape index (κ2) is 9.33. The molecule has 1 aromatic heterocycles. The van der Waals surface area contributed by atoms with Gasteiger partial charge in [0, 0.05) is 37.0 Å². The van der Waals surface area contributed by atoms with Gasteiger partial charge in [-0.1, -0.05) is 17.8 Å². The highest BCUT2D eigenvalue weighted by Crippen LogP contribution is 2.02. The van der Waals surface area contributed by atoms with Gasteiger partial charge in [0.2, 0.25) is 5.91 Å². The van der Waals surface area contributed by atoms with Crippen LogP contribution in [0.3, 0.4) is 0 Å². The van der Waals surface area contributed by atoms with Crippen molar-refractivity contribution < 1.29 is 14.3 Å². The maximum absolute atomic E-state index is 11.7. The van der Waals surface area contributed by atoms with Gasteiger partial charge in [-0.25, -0.2) is 0 Å². The lowest BCUT2D eigenvalue weighted by atomic mass is 10.2. The van der Waals surface area contributed by atoms with Crippen LogP contribution in [-0.2, 0) is 20.9 Å². The summed E-state index contributed by atoms with van der Waals surface area (Å²) in [6.07, 6.45) is 3.20. The number of rotatable bonds is 9. The smallest absolute Gasteiger partial charge is 0.307 e. The van der Waals surface area contributed by atoms with Crippen LogP contribution in [0.25, 0.3) is 0 Å². The maximum atomic E-state index is 11.7. The van der Waals surface area contributed by atoms with Crippen molar-refractivity contribution in [1.29, 1.82) is 0 Å². The summed E-state index contributed by atoms with van der Waals surface area (Å²) in [7, 11) is 1.38. The van der Waals surface area contributed by atoms with Gasteiger partial charge in [-0.05, 0) is 19.8 Å². The third-order valence-corrected chi connectivity index (χ3v) is 4.03. The van der Waals surface area contributed by atoms with Crippen molar-refractivity contribution in [3.63, 3.8) is 0 Å². The molecule has 0 aliphatic carbocycles. The molecule has 0 saturated heterocycles. The molecule has 0 unspecified atom stereocenters. The van der Waals surface area contributed by atoms with Crippen molar-refractivity contribution in [2.24, 2.45) is 0 Å². The van der Waals surface area contributed by atoms with Gasteiger partial charge >= 0.3 is 10.8 Å². The number of amides is 1. The van der Waals surface area contributed by atoms with Crippen molar-refractivity contribution in [2.45, 2.75) is 45.6 Å². The molecule has 1 rings (SSSR count). The van der Waals surface area contributed by atoms with Crippen molar-refractivity contribution in [2.75, 3.05) is 13.7 Å². The number of carbonyl (C=O) groups is 2. The fourth-order valence-corrected chi connectivity index (χ4v) is 2.64. The molecule has 0 saturated carbocycles. The lowest BCUT2D eigenvalue weighted by molar-refractivity contribution is -0.140. The Labute approximate surface area is 128 Å². The molecule has 0 spiro atoms. The second-order valence-electron chi connectivity index (χ2n) is 4.78. The molecule has 0 atom stereocenters. The van der Waals surface area contributed by atoms with Crippen molar-refractivity contribution >= 4 is 23.2 Å². The molecule has 6 nitrogen and oxygen atoms in total. The number of hydrogen-bond acceptors (Lipinski definition) is 5. The zero-order valence-corrected chi connectivity index (χ0v) is 13.3. The number of aromatic nitrogens is 1. The van der Waals surface area contributed by atoms with Crippen LogP contribution in [0.15, 0.2) is 10.2 Å². The molecule has 1 heterocycles. The summed E-state index contributed by atoms with van der Waals surface area (Å²) in [5.74, 6) is -0.254. The largest absolute Gasteiger partial charge is 0.469 e. The van der Waals surface area contributed by atoms with E-state index in [0.29, 0.717) is 25.9 Å². The Hall–Kier alpha value is -1.63. The second-order valence-corrected chi connectivity index (χ2v) is 5.60. The minimum Gasteiger partial charge on any atom is -0.469 e. The summed E-state index contributed by atoms with van der Waals surface area (Å²) in [5.41, 5.74) is 0.889. The van der Waals surface area contributed by atoms with Gasteiger partial charge in [0.25, 0.3) is 0 Å². The number of carbonyl (C=O) groups excluding carboxylic acids is 2. The molecule has 118 valence electrons. The fraction of sp³-hybridized carbons (Fsp3) is 0.643. The van der Waals surface area contributed by atoms with Gasteiger partial charge < -0.3 is 14.6 Å². The summed E-state index contributed by atoms with van der Waals surface area (Å²) < 4.78 is 6.16. The monoisotopic (exact) mass is 314 g/mol. The van der Waals surface area contributed by atoms with Gasteiger partial charge in [-0.15, -0.1) is 0 Å². The predicted octanol–water partition coefficient (Wildman–Crippen LogP) is 1.46. The molecule has 1 N–H and O–H groups in total. The average Bonchev–Trinajstić information content (AvgIpc) is 2.79. The van der Waals surface area contributed by atoms with E-state index >= 15 is 0 Å². The third-order valence-electron chi connectivity index (χ3n) is 3.15. The molecule has 0 aromatic carbocycles. The minimum absolute atomic E-state index is 0.0249. The van der Waals surface area contributed by atoms with Crippen LogP contribution >= 0.6 is 11.3 Å². The van der Waals surface area contributed by atoms with E-state index in [-0.39, 0.29) is 16.7 Å². The standard InChI is InChI=1S/C14H22N2O4S/c1-11-10-21-14(19)16(11)9-7-12(17)15-8-5-3-4-6-13(18)20-2/h10H,3-9H2,1-2H3,(H,15,17). The molecular formula is C14H22N2O4S. The summed E-state index contributed by atoms with van der Waals surface area (Å²) in [6, 6.07) is 0. The molecule has 0 bridgehead atoms. The number of hydrogen-bond donors (Lipinski definition) is 1. The molecule has 1 aromatic rings. The number of nitrogens with zero attached hydrogens (tertiary/aromatic N) is 1. The summed E-state index contributed by atoms with van der Waals surface area (Å²) >= 11 is 1.15. The Morgan fingerprint density at radius 3 is 2.67 bits per heavy atom. The zero-order chi connectivity index (χ0) is 15.7. The number of ether oxygens (including phenoxy) is 1. The SMILES string of the molecule is COC(=O)CCCCCNC(=O)CCn1c(C)csc1=O. The first-order valence-electron chi connectivity index (χ1n) is 7.03. The van der Waals surface area contributed by atoms with E-state index in [2.05, 4.69) is 10.1 Å². The molecular weight excluding hydrogens is 292 g/mol. The van der Waals surface area contributed by atoms with Crippen molar-refractivity contribution in [1.82, 2.24) is 9.88 Å². The molecule has 0 aliphatic rings. The van der Waals surface area contributed by atoms with Crippen molar-refractivity contribution in [3.05, 3.63) is 20.7 Å². The number of thiazole rings is 1. The van der Waals surface area contributed by atoms with E-state index in [0.717, 1.165) is 36.3 Å². The molecule has 1 amide bonds. The lowest BCUT2D eigenvalue weighted by Gasteiger charge is -2.06. The van der Waals surface area contributed by atoms with Gasteiger partial charge in [0.05, 0.1) is 7.11 Å². The quantitative estimate of drug-likeness (QED) is 0.553. The van der Waals surface area contributed by atoms with Crippen LogP contribution in [0.4, 0.5) is 0 Å². The first-order valence-corrected chi connectivity index (χ1v) is 7.91. The van der Waals surface area contributed by atoms with E-state index in [1.165, 1.54) is 7.11 Å². The van der Waals surface area contributed by atoms with Crippen LogP contribution < -0.4 is 10.2 Å². The van der Waals surface area contributed by atoms with E-state index in [9.17, 15) is 14.4 Å². The highest BCUT2D eigenvalue weighted by molar-refractivity contribution is 7.07. The van der Waals surface area contributed by atoms with E-state index in [1.807, 2.05) is 6.92 Å². The Balaban J connectivity index is 2.09. The first-order chi connectivity index (χ1) is 10.0. The van der Waals surface area contributed by atoms with Gasteiger partial charge in [-0.3, -0.25) is 14.4 Å². The predicted molar refractivity (Wildman–Crippen MR) is 81.4 cm³/mol. The number of nitrogens with one attached hydrogen (secondary N) is 1. The molecule has 0 radical (unpaired) electrons. The number of methoxy groups -OCH3 is 1. The van der Waals surface area contributed by atoms with Gasteiger partial charge in [-0.2, -0.15) is 0 Å². The Morgan fingerprint density at radius 2 is 2.05 bits per heavy atom. The Bertz CT molecular complexity index is 521. The Kier molecular flexibility index (Phi) is 7.74. The van der Waals surface area contributed by atoms with Crippen LogP contribution in [-0.4, -0.2) is 30.1 Å². The number of aryl methyl sites for hydroxylation is 1. The minimum atomic E-state index is -0.199. The van der Waals surface area contributed by atoms with Crippen LogP contribution in [0.5, 0.6) is 0 Å². The highest BCUT2D eigenvalue weighted by atomic mass is 32.1. The lowest BCUT2D eigenvalue weighted by Crippen LogP contribution is -2.27. The molecule has 7 heteroatoms. The highest BCUT2D eigenvalue weighted by Gasteiger charge is 2.06. The average molecular weight is 314 g/mol. The fourth-order valence-electron chi connectivity index (χ4n) is 1.88. The molecule has 0 aliphatic heterocycles. The van der Waals surface area contributed by atoms with Crippen molar-refractivity contribution in [3.8, 4) is 0 Å². The third kappa shape index (κ3) is 6.57. The van der Waals surface area contributed by atoms with Crippen LogP contribution in [0, 0.1) is 6.92 Å². The van der Waals surface area contributed by atoms with Crippen LogP contribution in [0.1, 0.15) is 37.8 Å². The van der Waals surface area contributed by atoms with Gasteiger partial charge in [0.15, 0.2) is 0 Å². The summed E-state index contributed by atoms with van der Waals surface area (Å²) in [5, 5.41) is 4.61. The normalized spacial score (nSPS) is 10.4. The van der Waals surface area contributed by atoms with Gasteiger partial charge in [0.1, 0.15) is 0 Å². The van der Waals surface area contributed by atoms with Crippen LogP contribution in [0.2, 0.25) is 0 Å². The topological polar surface area (TPSA) is 77.4 Å². The zero-order valence-electron chi connectivity index (χ0n) is 12.5. The number of unbranched alkanes of at least 4 members (excludes halogenated alkanes) is 2. The molecule has 21 heavy (non-hydrogen) atoms. The van der Waals surface area contributed by atoms with E-state index < -0.39 is 0 Å².